The Labute approximate surface area is 240 Å². The molecule has 2 aromatic carbocycles. The Bertz CT molecular complexity index is 1550. The zero-order valence-corrected chi connectivity index (χ0v) is 23.8. The van der Waals surface area contributed by atoms with Gasteiger partial charge in [-0.2, -0.15) is 5.26 Å². The van der Waals surface area contributed by atoms with Crippen molar-refractivity contribution in [3.8, 4) is 23.1 Å². The second-order valence-electron chi connectivity index (χ2n) is 10.9. The molecule has 7 rings (SSSR count). The highest BCUT2D eigenvalue weighted by molar-refractivity contribution is 6.36. The molecular formula is C32H35ClN6O. The van der Waals surface area contributed by atoms with Gasteiger partial charge in [0.1, 0.15) is 12.1 Å². The van der Waals surface area contributed by atoms with E-state index in [4.69, 9.17) is 31.6 Å². The predicted molar refractivity (Wildman–Crippen MR) is 162 cm³/mol. The van der Waals surface area contributed by atoms with Crippen molar-refractivity contribution < 1.29 is 4.74 Å². The van der Waals surface area contributed by atoms with Crippen LogP contribution in [0.1, 0.15) is 32.6 Å². The summed E-state index contributed by atoms with van der Waals surface area (Å²) in [5.41, 5.74) is 5.16. The Morgan fingerprint density at radius 3 is 2.52 bits per heavy atom. The lowest BCUT2D eigenvalue weighted by Gasteiger charge is -2.32. The average Bonchev–Trinajstić information content (AvgIpc) is 3.57. The van der Waals surface area contributed by atoms with Gasteiger partial charge < -0.3 is 15.0 Å². The molecule has 0 atom stereocenters. The van der Waals surface area contributed by atoms with E-state index < -0.39 is 0 Å². The molecule has 0 saturated carbocycles. The van der Waals surface area contributed by atoms with E-state index in [0.717, 1.165) is 69.8 Å². The number of ether oxygens (including phenoxy) is 1. The van der Waals surface area contributed by atoms with Crippen LogP contribution in [0.25, 0.3) is 32.9 Å². The molecule has 0 spiro atoms. The lowest BCUT2D eigenvalue weighted by molar-refractivity contribution is 0.111. The molecule has 8 heteroatoms. The van der Waals surface area contributed by atoms with Gasteiger partial charge in [-0.3, -0.25) is 9.88 Å². The van der Waals surface area contributed by atoms with Gasteiger partial charge in [-0.25, -0.2) is 4.98 Å². The van der Waals surface area contributed by atoms with Crippen molar-refractivity contribution in [2.45, 2.75) is 38.1 Å². The highest BCUT2D eigenvalue weighted by Gasteiger charge is 2.44. The number of piperazine rings is 1. The number of nitriles is 1. The number of anilines is 1. The zero-order valence-electron chi connectivity index (χ0n) is 23.0. The van der Waals surface area contributed by atoms with Gasteiger partial charge in [0.05, 0.1) is 22.8 Å². The fourth-order valence-electron chi connectivity index (χ4n) is 6.65. The maximum Gasteiger partial charge on any atom is 0.216 e. The number of benzene rings is 2. The van der Waals surface area contributed by atoms with Crippen LogP contribution in [0, 0.1) is 11.3 Å². The van der Waals surface area contributed by atoms with Crippen molar-refractivity contribution in [1.82, 2.24) is 20.2 Å². The molecule has 2 aromatic heterocycles. The molecule has 206 valence electrons. The number of nitrogens with zero attached hydrogens (tertiary/aromatic N) is 5. The van der Waals surface area contributed by atoms with Crippen LogP contribution in [-0.2, 0) is 0 Å². The van der Waals surface area contributed by atoms with Crippen molar-refractivity contribution in [2.75, 3.05) is 50.8 Å². The van der Waals surface area contributed by atoms with Crippen LogP contribution >= 0.6 is 11.6 Å². The molecule has 0 bridgehead atoms. The number of nitrogens with one attached hydrogen (secondary N) is 1. The molecule has 5 heterocycles. The minimum Gasteiger partial charge on any atom is -0.476 e. The smallest absolute Gasteiger partial charge is 0.216 e. The molecular weight excluding hydrogens is 520 g/mol. The molecule has 0 unspecified atom stereocenters. The summed E-state index contributed by atoms with van der Waals surface area (Å²) in [5, 5.41) is 13.7. The maximum atomic E-state index is 7.32. The fraction of sp³-hybridized carbons (Fsp3) is 0.406. The summed E-state index contributed by atoms with van der Waals surface area (Å²) >= 11 is 6.66. The number of hydrogen-bond donors (Lipinski definition) is 1. The summed E-state index contributed by atoms with van der Waals surface area (Å²) in [7, 11) is 0. The summed E-state index contributed by atoms with van der Waals surface area (Å²) in [4.78, 5) is 15.0. The number of rotatable bonds is 5. The number of fused-ring (bicyclic) bond motifs is 3. The highest BCUT2D eigenvalue weighted by Crippen LogP contribution is 2.40. The first kappa shape index (κ1) is 26.8. The summed E-state index contributed by atoms with van der Waals surface area (Å²) < 4.78 is 6.53. The van der Waals surface area contributed by atoms with Gasteiger partial charge >= 0.3 is 0 Å². The van der Waals surface area contributed by atoms with Crippen LogP contribution in [-0.4, -0.2) is 66.3 Å². The van der Waals surface area contributed by atoms with Gasteiger partial charge in [0.15, 0.2) is 0 Å². The molecule has 3 saturated heterocycles. The monoisotopic (exact) mass is 554 g/mol. The molecule has 3 fully saturated rings. The van der Waals surface area contributed by atoms with Crippen molar-refractivity contribution in [3.63, 3.8) is 0 Å². The standard InChI is InChI=1S/C30H32ClN5O.C2H3N/c31-24-8-2-6-21-5-1-7-23(28(21)24)22-17-25-29(33-19-22)26(35-15-11-32-12-16-35)18-27(34-25)37-20-30-9-3-13-36(30)14-4-10-30;1-2-3/h1-2,5-8,17-19,32H,3-4,9-16,20H2;1H3. The fourth-order valence-corrected chi connectivity index (χ4v) is 6.93. The summed E-state index contributed by atoms with van der Waals surface area (Å²) in [6.45, 7) is 8.34. The molecule has 3 aliphatic heterocycles. The quantitative estimate of drug-likeness (QED) is 0.322. The van der Waals surface area contributed by atoms with Crippen LogP contribution in [0.3, 0.4) is 0 Å². The van der Waals surface area contributed by atoms with E-state index in [0.29, 0.717) is 12.5 Å². The van der Waals surface area contributed by atoms with E-state index in [1.807, 2.05) is 18.3 Å². The van der Waals surface area contributed by atoms with Gasteiger partial charge in [-0.1, -0.05) is 41.9 Å². The van der Waals surface area contributed by atoms with Gasteiger partial charge in [0, 0.05) is 61.3 Å². The molecule has 0 amide bonds. The third-order valence-electron chi connectivity index (χ3n) is 8.52. The van der Waals surface area contributed by atoms with Crippen LogP contribution in [0.2, 0.25) is 5.02 Å². The van der Waals surface area contributed by atoms with Crippen LogP contribution in [0.5, 0.6) is 5.88 Å². The minimum absolute atomic E-state index is 0.186. The molecule has 0 radical (unpaired) electrons. The van der Waals surface area contributed by atoms with E-state index in [-0.39, 0.29) is 5.54 Å². The summed E-state index contributed by atoms with van der Waals surface area (Å²) in [6.07, 6.45) is 6.93. The molecule has 40 heavy (non-hydrogen) atoms. The average molecular weight is 555 g/mol. The maximum absolute atomic E-state index is 7.32. The second kappa shape index (κ2) is 11.6. The lowest BCUT2D eigenvalue weighted by Crippen LogP contribution is -2.44. The SMILES string of the molecule is CC#N.Clc1cccc2cccc(-c3cnc4c(N5CCNCC5)cc(OCC56CCCN5CCC6)nc4c3)c12. The summed E-state index contributed by atoms with van der Waals surface area (Å²) in [5.74, 6) is 0.698. The molecule has 4 aromatic rings. The van der Waals surface area contributed by atoms with Crippen LogP contribution in [0.4, 0.5) is 5.69 Å². The zero-order chi connectivity index (χ0) is 27.5. The van der Waals surface area contributed by atoms with Crippen molar-refractivity contribution in [2.24, 2.45) is 0 Å². The Kier molecular flexibility index (Phi) is 7.75. The van der Waals surface area contributed by atoms with Crippen molar-refractivity contribution in [1.29, 1.82) is 5.26 Å². The summed E-state index contributed by atoms with van der Waals surface area (Å²) in [6, 6.07) is 18.3. The Morgan fingerprint density at radius 1 is 1.05 bits per heavy atom. The number of pyridine rings is 2. The van der Waals surface area contributed by atoms with E-state index >= 15 is 0 Å². The number of aromatic nitrogens is 2. The van der Waals surface area contributed by atoms with Gasteiger partial charge in [-0.05, 0) is 61.9 Å². The Morgan fingerprint density at radius 2 is 1.77 bits per heavy atom. The normalized spacial score (nSPS) is 18.3. The first-order valence-electron chi connectivity index (χ1n) is 14.2. The molecule has 7 nitrogen and oxygen atoms in total. The molecule has 3 aliphatic rings. The highest BCUT2D eigenvalue weighted by atomic mass is 35.5. The first-order valence-corrected chi connectivity index (χ1v) is 14.6. The molecule has 1 N–H and O–H groups in total. The largest absolute Gasteiger partial charge is 0.476 e. The van der Waals surface area contributed by atoms with Crippen molar-refractivity contribution in [3.05, 3.63) is 59.8 Å². The lowest BCUT2D eigenvalue weighted by atomic mass is 9.95. The Balaban J connectivity index is 0.000000925. The number of hydrogen-bond acceptors (Lipinski definition) is 7. The van der Waals surface area contributed by atoms with Gasteiger partial charge in [0.2, 0.25) is 5.88 Å². The first-order chi connectivity index (χ1) is 19.6. The van der Waals surface area contributed by atoms with E-state index in [2.05, 4.69) is 51.5 Å². The van der Waals surface area contributed by atoms with Crippen LogP contribution in [0.15, 0.2) is 54.7 Å². The van der Waals surface area contributed by atoms with E-state index in [1.165, 1.54) is 45.7 Å². The van der Waals surface area contributed by atoms with E-state index in [1.54, 1.807) is 6.07 Å². The van der Waals surface area contributed by atoms with Crippen molar-refractivity contribution >= 4 is 39.1 Å². The third kappa shape index (κ3) is 5.08. The predicted octanol–water partition coefficient (Wildman–Crippen LogP) is 6.05. The molecule has 0 aliphatic carbocycles. The number of halogens is 1. The van der Waals surface area contributed by atoms with Gasteiger partial charge in [0.25, 0.3) is 0 Å². The van der Waals surface area contributed by atoms with Crippen LogP contribution < -0.4 is 15.0 Å². The minimum atomic E-state index is 0.186. The second-order valence-corrected chi connectivity index (χ2v) is 11.3. The van der Waals surface area contributed by atoms with E-state index in [9.17, 15) is 0 Å². The topological polar surface area (TPSA) is 77.3 Å². The third-order valence-corrected chi connectivity index (χ3v) is 8.84. The Hall–Kier alpha value is -3.44. The van der Waals surface area contributed by atoms with Gasteiger partial charge in [-0.15, -0.1) is 0 Å².